The van der Waals surface area contributed by atoms with Crippen LogP contribution in [0.4, 0.5) is 0 Å². The lowest BCUT2D eigenvalue weighted by Crippen LogP contribution is -2.55. The molecule has 1 fully saturated rings. The van der Waals surface area contributed by atoms with E-state index in [9.17, 15) is 0 Å². The van der Waals surface area contributed by atoms with Crippen LogP contribution in [0, 0.1) is 5.92 Å². The zero-order chi connectivity index (χ0) is 10.8. The van der Waals surface area contributed by atoms with E-state index in [0.717, 1.165) is 12.5 Å². The molecule has 1 aliphatic rings. The van der Waals surface area contributed by atoms with E-state index in [2.05, 4.69) is 45.0 Å². The van der Waals surface area contributed by atoms with Gasteiger partial charge in [-0.25, -0.2) is 0 Å². The normalized spacial score (nSPS) is 29.6. The number of hydrogen-bond acceptors (Lipinski definition) is 2. The van der Waals surface area contributed by atoms with Crippen LogP contribution in [-0.4, -0.2) is 36.6 Å². The summed E-state index contributed by atoms with van der Waals surface area (Å²) in [7, 11) is 2.28. The third kappa shape index (κ3) is 2.48. The second-order valence-corrected chi connectivity index (χ2v) is 5.31. The average molecular weight is 198 g/mol. The fourth-order valence-electron chi connectivity index (χ4n) is 2.19. The quantitative estimate of drug-likeness (QED) is 0.747. The molecule has 0 aromatic carbocycles. The molecule has 0 bridgehead atoms. The number of nitrogens with one attached hydrogen (secondary N) is 1. The Morgan fingerprint density at radius 1 is 1.43 bits per heavy atom. The minimum absolute atomic E-state index is 0.331. The first-order valence-electron chi connectivity index (χ1n) is 5.92. The van der Waals surface area contributed by atoms with Crippen LogP contribution in [-0.2, 0) is 0 Å². The number of piperidine rings is 1. The van der Waals surface area contributed by atoms with Crippen molar-refractivity contribution >= 4 is 0 Å². The Hall–Kier alpha value is -0.0800. The molecule has 1 heterocycles. The van der Waals surface area contributed by atoms with Crippen molar-refractivity contribution in [1.29, 1.82) is 0 Å². The zero-order valence-corrected chi connectivity index (χ0v) is 10.4. The molecule has 1 saturated heterocycles. The lowest BCUT2D eigenvalue weighted by atomic mass is 9.89. The molecule has 2 heteroatoms. The molecule has 0 aliphatic carbocycles. The van der Waals surface area contributed by atoms with Crippen molar-refractivity contribution in [2.24, 2.45) is 5.92 Å². The van der Waals surface area contributed by atoms with Gasteiger partial charge in [0, 0.05) is 18.1 Å². The number of rotatable bonds is 3. The highest BCUT2D eigenvalue weighted by molar-refractivity contribution is 4.89. The van der Waals surface area contributed by atoms with Gasteiger partial charge < -0.3 is 5.32 Å². The van der Waals surface area contributed by atoms with Gasteiger partial charge in [-0.05, 0) is 46.2 Å². The van der Waals surface area contributed by atoms with Crippen LogP contribution in [0.3, 0.4) is 0 Å². The Labute approximate surface area is 89.1 Å². The molecule has 2 atom stereocenters. The third-order valence-corrected chi connectivity index (χ3v) is 4.10. The van der Waals surface area contributed by atoms with E-state index in [4.69, 9.17) is 0 Å². The minimum Gasteiger partial charge on any atom is -0.315 e. The minimum atomic E-state index is 0.331. The number of likely N-dealkylation sites (N-methyl/N-ethyl adjacent to an activating group) is 1. The summed E-state index contributed by atoms with van der Waals surface area (Å²) < 4.78 is 0. The van der Waals surface area contributed by atoms with Crippen molar-refractivity contribution in [3.05, 3.63) is 0 Å². The predicted octanol–water partition coefficient (Wildman–Crippen LogP) is 2.10. The van der Waals surface area contributed by atoms with Gasteiger partial charge in [0.05, 0.1) is 0 Å². The fourth-order valence-corrected chi connectivity index (χ4v) is 2.19. The first-order chi connectivity index (χ1) is 6.49. The Morgan fingerprint density at radius 3 is 2.57 bits per heavy atom. The molecule has 0 aromatic rings. The maximum Gasteiger partial charge on any atom is 0.0248 e. The molecular formula is C12H26N2. The highest BCUT2D eigenvalue weighted by Gasteiger charge is 2.32. The summed E-state index contributed by atoms with van der Waals surface area (Å²) in [4.78, 5) is 2.56. The van der Waals surface area contributed by atoms with Crippen LogP contribution in [0.1, 0.15) is 40.5 Å². The Bertz CT molecular complexity index is 177. The maximum absolute atomic E-state index is 3.50. The van der Waals surface area contributed by atoms with Gasteiger partial charge in [0.1, 0.15) is 0 Å². The molecule has 0 aromatic heterocycles. The highest BCUT2D eigenvalue weighted by Crippen LogP contribution is 2.25. The summed E-state index contributed by atoms with van der Waals surface area (Å²) in [5.74, 6) is 0.826. The molecule has 0 radical (unpaired) electrons. The van der Waals surface area contributed by atoms with Crippen LogP contribution >= 0.6 is 0 Å². The van der Waals surface area contributed by atoms with E-state index in [0.29, 0.717) is 11.6 Å². The van der Waals surface area contributed by atoms with E-state index in [1.54, 1.807) is 0 Å². The number of hydrogen-bond donors (Lipinski definition) is 1. The van der Waals surface area contributed by atoms with Gasteiger partial charge in [-0.3, -0.25) is 4.90 Å². The van der Waals surface area contributed by atoms with Gasteiger partial charge >= 0.3 is 0 Å². The van der Waals surface area contributed by atoms with Gasteiger partial charge in [-0.15, -0.1) is 0 Å². The van der Waals surface area contributed by atoms with Gasteiger partial charge in [-0.2, -0.15) is 0 Å². The largest absolute Gasteiger partial charge is 0.315 e. The van der Waals surface area contributed by atoms with Crippen molar-refractivity contribution in [3.8, 4) is 0 Å². The maximum atomic E-state index is 3.50. The lowest BCUT2D eigenvalue weighted by Gasteiger charge is -2.45. The smallest absolute Gasteiger partial charge is 0.0248 e. The predicted molar refractivity (Wildman–Crippen MR) is 62.6 cm³/mol. The molecule has 0 spiro atoms. The summed E-state index contributed by atoms with van der Waals surface area (Å²) in [6.07, 6.45) is 2.53. The number of nitrogens with zero attached hydrogens (tertiary/aromatic N) is 1. The molecule has 1 rings (SSSR count). The van der Waals surface area contributed by atoms with Gasteiger partial charge in [0.25, 0.3) is 0 Å². The van der Waals surface area contributed by atoms with Crippen molar-refractivity contribution < 1.29 is 0 Å². The van der Waals surface area contributed by atoms with Crippen LogP contribution in [0.25, 0.3) is 0 Å². The molecule has 14 heavy (non-hydrogen) atoms. The first kappa shape index (κ1) is 12.0. The SMILES string of the molecule is CCC(C)(C)N(C)C1CNCCC1C. The van der Waals surface area contributed by atoms with E-state index < -0.39 is 0 Å². The van der Waals surface area contributed by atoms with Crippen molar-refractivity contribution in [2.75, 3.05) is 20.1 Å². The highest BCUT2D eigenvalue weighted by atomic mass is 15.2. The summed E-state index contributed by atoms with van der Waals surface area (Å²) in [5, 5.41) is 3.50. The van der Waals surface area contributed by atoms with Crippen molar-refractivity contribution in [3.63, 3.8) is 0 Å². The molecule has 2 unspecified atom stereocenters. The van der Waals surface area contributed by atoms with Gasteiger partial charge in [-0.1, -0.05) is 13.8 Å². The Kier molecular flexibility index (Phi) is 3.96. The Balaban J connectivity index is 2.62. The summed E-state index contributed by atoms with van der Waals surface area (Å²) in [5.41, 5.74) is 0.331. The van der Waals surface area contributed by atoms with E-state index in [1.165, 1.54) is 19.4 Å². The molecule has 1 N–H and O–H groups in total. The molecule has 84 valence electrons. The van der Waals surface area contributed by atoms with Crippen LogP contribution < -0.4 is 5.32 Å². The fraction of sp³-hybridized carbons (Fsp3) is 1.00. The Morgan fingerprint density at radius 2 is 2.07 bits per heavy atom. The lowest BCUT2D eigenvalue weighted by molar-refractivity contribution is 0.0536. The van der Waals surface area contributed by atoms with Crippen LogP contribution in [0.5, 0.6) is 0 Å². The molecule has 0 amide bonds. The monoisotopic (exact) mass is 198 g/mol. The standard InChI is InChI=1S/C12H26N2/c1-6-12(3,4)14(5)11-9-13-8-7-10(11)2/h10-11,13H,6-9H2,1-5H3. The molecule has 0 saturated carbocycles. The second-order valence-electron chi connectivity index (χ2n) is 5.31. The molecule has 2 nitrogen and oxygen atoms in total. The van der Waals surface area contributed by atoms with E-state index in [1.807, 2.05) is 0 Å². The van der Waals surface area contributed by atoms with E-state index >= 15 is 0 Å². The second kappa shape index (κ2) is 4.63. The summed E-state index contributed by atoms with van der Waals surface area (Å²) >= 11 is 0. The van der Waals surface area contributed by atoms with E-state index in [-0.39, 0.29) is 0 Å². The van der Waals surface area contributed by atoms with Crippen LogP contribution in [0.15, 0.2) is 0 Å². The first-order valence-corrected chi connectivity index (χ1v) is 5.92. The van der Waals surface area contributed by atoms with Crippen molar-refractivity contribution in [2.45, 2.75) is 52.1 Å². The van der Waals surface area contributed by atoms with Crippen molar-refractivity contribution in [1.82, 2.24) is 10.2 Å². The average Bonchev–Trinajstić information content (AvgIpc) is 2.17. The van der Waals surface area contributed by atoms with Crippen LogP contribution in [0.2, 0.25) is 0 Å². The van der Waals surface area contributed by atoms with Gasteiger partial charge in [0.2, 0.25) is 0 Å². The van der Waals surface area contributed by atoms with Gasteiger partial charge in [0.15, 0.2) is 0 Å². The molecular weight excluding hydrogens is 172 g/mol. The summed E-state index contributed by atoms with van der Waals surface area (Å²) in [6, 6.07) is 0.707. The summed E-state index contributed by atoms with van der Waals surface area (Å²) in [6.45, 7) is 11.7. The topological polar surface area (TPSA) is 15.3 Å². The third-order valence-electron chi connectivity index (χ3n) is 4.10. The zero-order valence-electron chi connectivity index (χ0n) is 10.4. The molecule has 1 aliphatic heterocycles.